The molecule has 1 aromatic carbocycles. The van der Waals surface area contributed by atoms with Gasteiger partial charge in [0.2, 0.25) is 27.6 Å². The first-order valence-electron chi connectivity index (χ1n) is 9.96. The average molecular weight is 421 g/mol. The van der Waals surface area contributed by atoms with Crippen LogP contribution in [0.15, 0.2) is 27.6 Å². The van der Waals surface area contributed by atoms with E-state index in [0.717, 1.165) is 0 Å². The molecule has 0 saturated carbocycles. The average Bonchev–Trinajstić information content (AvgIpc) is 3.17. The van der Waals surface area contributed by atoms with Gasteiger partial charge in [-0.05, 0) is 45.2 Å². The summed E-state index contributed by atoms with van der Waals surface area (Å²) in [6.07, 6.45) is 1.64. The quantitative estimate of drug-likeness (QED) is 0.770. The molecule has 0 bridgehead atoms. The molecule has 3 rings (SSSR count). The Bertz CT molecular complexity index is 976. The smallest absolute Gasteiger partial charge is 0.243 e. The van der Waals surface area contributed by atoms with Gasteiger partial charge >= 0.3 is 0 Å². The third-order valence-corrected chi connectivity index (χ3v) is 7.13. The normalized spacial score (nSPS) is 16.3. The van der Waals surface area contributed by atoms with Crippen molar-refractivity contribution in [3.8, 4) is 11.4 Å². The number of nitrogens with zero attached hydrogens (tertiary/aromatic N) is 3. The van der Waals surface area contributed by atoms with Gasteiger partial charge in [-0.2, -0.15) is 9.29 Å². The van der Waals surface area contributed by atoms with Crippen molar-refractivity contribution in [1.29, 1.82) is 0 Å². The molecule has 1 fully saturated rings. The number of sulfonamides is 1. The minimum Gasteiger partial charge on any atom is -0.354 e. The van der Waals surface area contributed by atoms with Crippen LogP contribution in [0.3, 0.4) is 0 Å². The van der Waals surface area contributed by atoms with Crippen LogP contribution in [-0.2, 0) is 21.2 Å². The SMILES string of the molecule is CCc1nc(-c2ccc(C)c(S(=O)(=O)N3CCC(C(=O)NC(C)C)CC3)c2)no1. The topological polar surface area (TPSA) is 105 Å². The minimum atomic E-state index is -3.68. The monoisotopic (exact) mass is 420 g/mol. The zero-order valence-electron chi connectivity index (χ0n) is 17.3. The number of hydrogen-bond acceptors (Lipinski definition) is 6. The van der Waals surface area contributed by atoms with Crippen molar-refractivity contribution >= 4 is 15.9 Å². The first-order valence-corrected chi connectivity index (χ1v) is 11.4. The third kappa shape index (κ3) is 4.67. The molecule has 1 aromatic heterocycles. The van der Waals surface area contributed by atoms with Crippen molar-refractivity contribution in [3.63, 3.8) is 0 Å². The maximum atomic E-state index is 13.3. The van der Waals surface area contributed by atoms with E-state index in [2.05, 4.69) is 15.5 Å². The van der Waals surface area contributed by atoms with Crippen LogP contribution in [0.4, 0.5) is 0 Å². The van der Waals surface area contributed by atoms with E-state index < -0.39 is 10.0 Å². The number of piperidine rings is 1. The van der Waals surface area contributed by atoms with Gasteiger partial charge in [0.1, 0.15) is 0 Å². The minimum absolute atomic E-state index is 0.000870. The molecule has 1 saturated heterocycles. The molecular formula is C20H28N4O4S. The molecule has 158 valence electrons. The molecule has 2 aromatic rings. The fourth-order valence-electron chi connectivity index (χ4n) is 3.43. The summed E-state index contributed by atoms with van der Waals surface area (Å²) in [5.74, 6) is 0.733. The summed E-state index contributed by atoms with van der Waals surface area (Å²) in [5.41, 5.74) is 1.26. The molecule has 1 N–H and O–H groups in total. The van der Waals surface area contributed by atoms with E-state index in [1.54, 1.807) is 25.1 Å². The highest BCUT2D eigenvalue weighted by Crippen LogP contribution is 2.29. The standard InChI is InChI=1S/C20H28N4O4S/c1-5-18-22-19(23-28-18)16-7-6-14(4)17(12-16)29(26,27)24-10-8-15(9-11-24)20(25)21-13(2)3/h6-7,12-13,15H,5,8-11H2,1-4H3,(H,21,25). The Balaban J connectivity index is 1.79. The van der Waals surface area contributed by atoms with E-state index in [-0.39, 0.29) is 22.8 Å². The number of amides is 1. The predicted molar refractivity (Wildman–Crippen MR) is 109 cm³/mol. The molecule has 0 unspecified atom stereocenters. The maximum Gasteiger partial charge on any atom is 0.243 e. The number of hydrogen-bond donors (Lipinski definition) is 1. The van der Waals surface area contributed by atoms with Gasteiger partial charge in [0.25, 0.3) is 0 Å². The lowest BCUT2D eigenvalue weighted by atomic mass is 9.97. The molecule has 0 spiro atoms. The van der Waals surface area contributed by atoms with E-state index in [1.807, 2.05) is 20.8 Å². The van der Waals surface area contributed by atoms with Gasteiger partial charge in [0, 0.05) is 37.0 Å². The molecule has 1 aliphatic heterocycles. The third-order valence-electron chi connectivity index (χ3n) is 5.09. The Morgan fingerprint density at radius 2 is 2.00 bits per heavy atom. The van der Waals surface area contributed by atoms with Crippen LogP contribution >= 0.6 is 0 Å². The largest absolute Gasteiger partial charge is 0.354 e. The number of rotatable bonds is 6. The van der Waals surface area contributed by atoms with Gasteiger partial charge in [0.15, 0.2) is 0 Å². The van der Waals surface area contributed by atoms with Crippen molar-refractivity contribution in [3.05, 3.63) is 29.7 Å². The molecule has 1 aliphatic rings. The highest BCUT2D eigenvalue weighted by Gasteiger charge is 2.33. The summed E-state index contributed by atoms with van der Waals surface area (Å²) in [5, 5.41) is 6.85. The van der Waals surface area contributed by atoms with Crippen molar-refractivity contribution in [1.82, 2.24) is 19.8 Å². The Morgan fingerprint density at radius 3 is 2.59 bits per heavy atom. The van der Waals surface area contributed by atoms with Crippen molar-refractivity contribution in [2.75, 3.05) is 13.1 Å². The number of carbonyl (C=O) groups is 1. The van der Waals surface area contributed by atoms with Crippen molar-refractivity contribution in [2.45, 2.75) is 57.9 Å². The van der Waals surface area contributed by atoms with E-state index in [0.29, 0.717) is 55.2 Å². The number of aryl methyl sites for hydroxylation is 2. The van der Waals surface area contributed by atoms with Crippen LogP contribution < -0.4 is 5.32 Å². The molecule has 0 aliphatic carbocycles. The Hall–Kier alpha value is -2.26. The van der Waals surface area contributed by atoms with Gasteiger partial charge in [-0.1, -0.05) is 24.2 Å². The summed E-state index contributed by atoms with van der Waals surface area (Å²) in [4.78, 5) is 16.7. The zero-order chi connectivity index (χ0) is 21.2. The predicted octanol–water partition coefficient (Wildman–Crippen LogP) is 2.53. The number of aromatic nitrogens is 2. The van der Waals surface area contributed by atoms with Gasteiger partial charge in [-0.3, -0.25) is 4.79 Å². The highest BCUT2D eigenvalue weighted by molar-refractivity contribution is 7.89. The summed E-state index contributed by atoms with van der Waals surface area (Å²) in [7, 11) is -3.68. The lowest BCUT2D eigenvalue weighted by Crippen LogP contribution is -2.44. The van der Waals surface area contributed by atoms with Gasteiger partial charge in [-0.15, -0.1) is 0 Å². The van der Waals surface area contributed by atoms with Crippen LogP contribution in [0.25, 0.3) is 11.4 Å². The molecule has 1 amide bonds. The molecule has 8 nitrogen and oxygen atoms in total. The first kappa shape index (κ1) is 21.4. The first-order chi connectivity index (χ1) is 13.7. The summed E-state index contributed by atoms with van der Waals surface area (Å²) in [6, 6.07) is 5.23. The van der Waals surface area contributed by atoms with Crippen molar-refractivity contribution in [2.24, 2.45) is 5.92 Å². The van der Waals surface area contributed by atoms with Crippen LogP contribution in [0.5, 0.6) is 0 Å². The zero-order valence-corrected chi connectivity index (χ0v) is 18.1. The second kappa shape index (κ2) is 8.62. The van der Waals surface area contributed by atoms with Gasteiger partial charge < -0.3 is 9.84 Å². The van der Waals surface area contributed by atoms with Crippen LogP contribution in [0.2, 0.25) is 0 Å². The molecular weight excluding hydrogens is 392 g/mol. The van der Waals surface area contributed by atoms with E-state index in [1.165, 1.54) is 4.31 Å². The van der Waals surface area contributed by atoms with E-state index >= 15 is 0 Å². The summed E-state index contributed by atoms with van der Waals surface area (Å²) >= 11 is 0. The fourth-order valence-corrected chi connectivity index (χ4v) is 5.15. The van der Waals surface area contributed by atoms with Crippen LogP contribution in [0.1, 0.15) is 45.1 Å². The van der Waals surface area contributed by atoms with Gasteiger partial charge in [-0.25, -0.2) is 8.42 Å². The Morgan fingerprint density at radius 1 is 1.31 bits per heavy atom. The molecule has 0 radical (unpaired) electrons. The fraction of sp³-hybridized carbons (Fsp3) is 0.550. The Labute approximate surface area is 171 Å². The van der Waals surface area contributed by atoms with E-state index in [4.69, 9.17) is 4.52 Å². The maximum absolute atomic E-state index is 13.3. The van der Waals surface area contributed by atoms with Crippen molar-refractivity contribution < 1.29 is 17.7 Å². The molecule has 29 heavy (non-hydrogen) atoms. The van der Waals surface area contributed by atoms with Crippen LogP contribution in [0, 0.1) is 12.8 Å². The number of nitrogens with one attached hydrogen (secondary N) is 1. The number of benzene rings is 1. The number of carbonyl (C=O) groups excluding carboxylic acids is 1. The Kier molecular flexibility index (Phi) is 6.38. The lowest BCUT2D eigenvalue weighted by molar-refractivity contribution is -0.126. The van der Waals surface area contributed by atoms with Crippen LogP contribution in [-0.4, -0.2) is 47.9 Å². The highest BCUT2D eigenvalue weighted by atomic mass is 32.2. The molecule has 0 atom stereocenters. The second-order valence-corrected chi connectivity index (χ2v) is 9.59. The lowest BCUT2D eigenvalue weighted by Gasteiger charge is -2.31. The summed E-state index contributed by atoms with van der Waals surface area (Å²) < 4.78 is 33.1. The molecule has 9 heteroatoms. The molecule has 2 heterocycles. The van der Waals surface area contributed by atoms with E-state index in [9.17, 15) is 13.2 Å². The summed E-state index contributed by atoms with van der Waals surface area (Å²) in [6.45, 7) is 8.16. The second-order valence-electron chi connectivity index (χ2n) is 7.69. The van der Waals surface area contributed by atoms with Gasteiger partial charge in [0.05, 0.1) is 4.90 Å².